The van der Waals surface area contributed by atoms with E-state index in [1.165, 1.54) is 30.3 Å². The number of amides is 1. The zero-order valence-electron chi connectivity index (χ0n) is 11.7. The number of halogens is 2. The zero-order valence-corrected chi connectivity index (χ0v) is 11.7. The van der Waals surface area contributed by atoms with Gasteiger partial charge in [-0.2, -0.15) is 0 Å². The fourth-order valence-electron chi connectivity index (χ4n) is 1.67. The van der Waals surface area contributed by atoms with Gasteiger partial charge in [0.1, 0.15) is 6.61 Å². The summed E-state index contributed by atoms with van der Waals surface area (Å²) in [5, 5.41) is 2.53. The summed E-state index contributed by atoms with van der Waals surface area (Å²) in [4.78, 5) is 11.5. The van der Waals surface area contributed by atoms with Crippen molar-refractivity contribution in [1.82, 2.24) is 5.32 Å². The highest BCUT2D eigenvalue weighted by Gasteiger charge is 2.06. The van der Waals surface area contributed by atoms with Crippen LogP contribution in [0.1, 0.15) is 0 Å². The van der Waals surface area contributed by atoms with Crippen molar-refractivity contribution >= 4 is 5.91 Å². The Morgan fingerprint density at radius 2 is 1.45 bits per heavy atom. The van der Waals surface area contributed by atoms with E-state index in [4.69, 9.17) is 9.47 Å². The number of para-hydroxylation sites is 2. The van der Waals surface area contributed by atoms with Gasteiger partial charge in [-0.25, -0.2) is 8.78 Å². The molecule has 0 heterocycles. The topological polar surface area (TPSA) is 47.6 Å². The molecule has 6 heteroatoms. The molecule has 22 heavy (non-hydrogen) atoms. The Bertz CT molecular complexity index is 634. The van der Waals surface area contributed by atoms with Crippen molar-refractivity contribution < 1.29 is 23.0 Å². The number of benzene rings is 2. The molecule has 0 saturated carbocycles. The maximum Gasteiger partial charge on any atom is 0.258 e. The van der Waals surface area contributed by atoms with Crippen LogP contribution in [-0.2, 0) is 4.79 Å². The second kappa shape index (κ2) is 7.97. The summed E-state index contributed by atoms with van der Waals surface area (Å²) >= 11 is 0. The summed E-state index contributed by atoms with van der Waals surface area (Å²) in [7, 11) is 0. The fraction of sp³-hybridized carbons (Fsp3) is 0.188. The first-order valence-corrected chi connectivity index (χ1v) is 6.68. The normalized spacial score (nSPS) is 10.1. The van der Waals surface area contributed by atoms with Crippen LogP contribution < -0.4 is 14.8 Å². The summed E-state index contributed by atoms with van der Waals surface area (Å²) < 4.78 is 36.7. The minimum absolute atomic E-state index is 0.0141. The summed E-state index contributed by atoms with van der Waals surface area (Å²) in [5.74, 6) is -1.27. The van der Waals surface area contributed by atoms with Crippen LogP contribution in [0.4, 0.5) is 8.78 Å². The molecule has 0 radical (unpaired) electrons. The van der Waals surface area contributed by atoms with Gasteiger partial charge in [-0.05, 0) is 24.3 Å². The van der Waals surface area contributed by atoms with Crippen molar-refractivity contribution in [3.8, 4) is 11.5 Å². The highest BCUT2D eigenvalue weighted by atomic mass is 19.1. The van der Waals surface area contributed by atoms with Gasteiger partial charge in [0.05, 0.1) is 6.54 Å². The Hall–Kier alpha value is -2.63. The van der Waals surface area contributed by atoms with Crippen molar-refractivity contribution in [2.75, 3.05) is 19.8 Å². The first kappa shape index (κ1) is 15.8. The van der Waals surface area contributed by atoms with E-state index in [1.54, 1.807) is 18.2 Å². The molecule has 0 aliphatic heterocycles. The first-order valence-electron chi connectivity index (χ1n) is 6.68. The first-order chi connectivity index (χ1) is 10.7. The standard InChI is InChI=1S/C16H15F2NO3/c17-12-5-1-3-7-14(12)21-10-9-19-16(20)11-22-15-8-4-2-6-13(15)18/h1-8H,9-11H2,(H,19,20). The Balaban J connectivity index is 1.66. The smallest absolute Gasteiger partial charge is 0.258 e. The highest BCUT2D eigenvalue weighted by molar-refractivity contribution is 5.77. The van der Waals surface area contributed by atoms with Gasteiger partial charge in [0, 0.05) is 0 Å². The van der Waals surface area contributed by atoms with Crippen LogP contribution >= 0.6 is 0 Å². The summed E-state index contributed by atoms with van der Waals surface area (Å²) in [6.07, 6.45) is 0. The van der Waals surface area contributed by atoms with E-state index in [0.717, 1.165) is 0 Å². The summed E-state index contributed by atoms with van der Waals surface area (Å²) in [6, 6.07) is 11.8. The Kier molecular flexibility index (Phi) is 5.71. The molecule has 2 rings (SSSR count). The van der Waals surface area contributed by atoms with E-state index < -0.39 is 17.5 Å². The van der Waals surface area contributed by atoms with Gasteiger partial charge in [0.25, 0.3) is 5.91 Å². The Labute approximate surface area is 126 Å². The minimum Gasteiger partial charge on any atom is -0.489 e. The van der Waals surface area contributed by atoms with Crippen LogP contribution in [-0.4, -0.2) is 25.7 Å². The van der Waals surface area contributed by atoms with Crippen molar-refractivity contribution in [2.24, 2.45) is 0 Å². The van der Waals surface area contributed by atoms with E-state index >= 15 is 0 Å². The highest BCUT2D eigenvalue weighted by Crippen LogP contribution is 2.15. The molecule has 4 nitrogen and oxygen atoms in total. The van der Waals surface area contributed by atoms with Crippen LogP contribution in [0.2, 0.25) is 0 Å². The molecular weight excluding hydrogens is 292 g/mol. The van der Waals surface area contributed by atoms with Crippen molar-refractivity contribution in [2.45, 2.75) is 0 Å². The van der Waals surface area contributed by atoms with E-state index in [0.29, 0.717) is 0 Å². The average molecular weight is 307 g/mol. The van der Waals surface area contributed by atoms with E-state index in [2.05, 4.69) is 5.32 Å². The predicted octanol–water partition coefficient (Wildman–Crippen LogP) is 2.54. The third kappa shape index (κ3) is 4.73. The molecule has 0 atom stereocenters. The van der Waals surface area contributed by atoms with E-state index in [-0.39, 0.29) is 31.3 Å². The van der Waals surface area contributed by atoms with Gasteiger partial charge in [-0.1, -0.05) is 24.3 Å². The number of carbonyl (C=O) groups excluding carboxylic acids is 1. The van der Waals surface area contributed by atoms with Gasteiger partial charge in [-0.3, -0.25) is 4.79 Å². The SMILES string of the molecule is O=C(COc1ccccc1F)NCCOc1ccccc1F. The second-order valence-electron chi connectivity index (χ2n) is 4.35. The molecule has 0 aliphatic carbocycles. The Morgan fingerprint density at radius 3 is 2.05 bits per heavy atom. The average Bonchev–Trinajstić information content (AvgIpc) is 2.52. The van der Waals surface area contributed by atoms with Gasteiger partial charge in [-0.15, -0.1) is 0 Å². The van der Waals surface area contributed by atoms with Gasteiger partial charge in [0.15, 0.2) is 29.7 Å². The van der Waals surface area contributed by atoms with E-state index in [1.807, 2.05) is 0 Å². The minimum atomic E-state index is -0.529. The number of nitrogens with one attached hydrogen (secondary N) is 1. The molecule has 0 aromatic heterocycles. The number of ether oxygens (including phenoxy) is 2. The zero-order chi connectivity index (χ0) is 15.8. The molecular formula is C16H15F2NO3. The van der Waals surface area contributed by atoms with Crippen LogP contribution in [0.3, 0.4) is 0 Å². The maximum absolute atomic E-state index is 13.3. The number of rotatable bonds is 7. The molecule has 116 valence electrons. The largest absolute Gasteiger partial charge is 0.489 e. The lowest BCUT2D eigenvalue weighted by Crippen LogP contribution is -2.32. The molecule has 0 unspecified atom stereocenters. The molecule has 1 N–H and O–H groups in total. The molecule has 0 saturated heterocycles. The molecule has 2 aromatic carbocycles. The monoisotopic (exact) mass is 307 g/mol. The van der Waals surface area contributed by atoms with Gasteiger partial charge >= 0.3 is 0 Å². The molecule has 0 spiro atoms. The lowest BCUT2D eigenvalue weighted by molar-refractivity contribution is -0.123. The summed E-state index contributed by atoms with van der Waals surface area (Å²) in [5.41, 5.74) is 0. The van der Waals surface area contributed by atoms with Crippen LogP contribution in [0.25, 0.3) is 0 Å². The Morgan fingerprint density at radius 1 is 0.909 bits per heavy atom. The van der Waals surface area contributed by atoms with Crippen LogP contribution in [0.15, 0.2) is 48.5 Å². The molecule has 0 bridgehead atoms. The summed E-state index contributed by atoms with van der Waals surface area (Å²) in [6.45, 7) is 0.000796. The van der Waals surface area contributed by atoms with E-state index in [9.17, 15) is 13.6 Å². The lowest BCUT2D eigenvalue weighted by Gasteiger charge is -2.09. The van der Waals surface area contributed by atoms with Crippen molar-refractivity contribution in [1.29, 1.82) is 0 Å². The van der Waals surface area contributed by atoms with Crippen molar-refractivity contribution in [3.05, 3.63) is 60.2 Å². The number of hydrogen-bond acceptors (Lipinski definition) is 3. The molecule has 1 amide bonds. The third-order valence-corrected chi connectivity index (χ3v) is 2.71. The van der Waals surface area contributed by atoms with Crippen LogP contribution in [0, 0.1) is 11.6 Å². The van der Waals surface area contributed by atoms with Crippen molar-refractivity contribution in [3.63, 3.8) is 0 Å². The third-order valence-electron chi connectivity index (χ3n) is 2.71. The fourth-order valence-corrected chi connectivity index (χ4v) is 1.67. The molecule has 0 fully saturated rings. The number of hydrogen-bond donors (Lipinski definition) is 1. The molecule has 2 aromatic rings. The predicted molar refractivity (Wildman–Crippen MR) is 76.8 cm³/mol. The number of carbonyl (C=O) groups is 1. The quantitative estimate of drug-likeness (QED) is 0.800. The van der Waals surface area contributed by atoms with Crippen LogP contribution in [0.5, 0.6) is 11.5 Å². The van der Waals surface area contributed by atoms with Gasteiger partial charge in [0.2, 0.25) is 0 Å². The second-order valence-corrected chi connectivity index (χ2v) is 4.35. The lowest BCUT2D eigenvalue weighted by atomic mass is 10.3. The van der Waals surface area contributed by atoms with Gasteiger partial charge < -0.3 is 14.8 Å². The molecule has 0 aliphatic rings. The maximum atomic E-state index is 13.3.